The molecule has 6 heterocycles. The Labute approximate surface area is 371 Å². The van der Waals surface area contributed by atoms with Crippen LogP contribution in [0.25, 0.3) is 28.0 Å². The summed E-state index contributed by atoms with van der Waals surface area (Å²) in [6.07, 6.45) is 14.8. The van der Waals surface area contributed by atoms with E-state index in [9.17, 15) is 19.2 Å². The van der Waals surface area contributed by atoms with Crippen molar-refractivity contribution in [2.24, 2.45) is 22.7 Å². The Morgan fingerprint density at radius 1 is 0.746 bits per heavy atom. The van der Waals surface area contributed by atoms with Crippen molar-refractivity contribution in [2.75, 3.05) is 26.4 Å². The second-order valence-corrected chi connectivity index (χ2v) is 19.1. The van der Waals surface area contributed by atoms with Gasteiger partial charge in [0.1, 0.15) is 17.6 Å². The molecule has 2 N–H and O–H groups in total. The van der Waals surface area contributed by atoms with Gasteiger partial charge in [0.2, 0.25) is 17.7 Å². The van der Waals surface area contributed by atoms with Gasteiger partial charge in [0, 0.05) is 76.1 Å². The van der Waals surface area contributed by atoms with E-state index in [0.717, 1.165) is 99.8 Å². The number of allylic oxidation sites excluding steroid dienone is 1. The van der Waals surface area contributed by atoms with Crippen molar-refractivity contribution in [3.05, 3.63) is 71.3 Å². The number of nitrogens with zero attached hydrogens (tertiary/aromatic N) is 4. The van der Waals surface area contributed by atoms with Gasteiger partial charge >= 0.3 is 0 Å². The third kappa shape index (κ3) is 8.82. The zero-order valence-corrected chi connectivity index (χ0v) is 37.5. The first-order valence-electron chi connectivity index (χ1n) is 23.7. The number of ketones is 1. The lowest BCUT2D eigenvalue weighted by Gasteiger charge is -2.36. The number of aromatic nitrogens is 2. The highest BCUT2D eigenvalue weighted by molar-refractivity contribution is 6.04. The van der Waals surface area contributed by atoms with E-state index in [-0.39, 0.29) is 65.4 Å². The van der Waals surface area contributed by atoms with Gasteiger partial charge in [0.25, 0.3) is 0 Å². The fourth-order valence-electron chi connectivity index (χ4n) is 11.8. The standard InChI is InChI=1S/C51H64N6O6/c1-30-8-16-46(56(30)50(60)43(26-32(3)58)35-18-22-62-23-19-35)44-27-38(28-52-44)40-15-14-39(41-6-5-7-42(40)41)34-10-12-36(13-11-34)45-29-53-49(55-45)47-17-9-31(2)57(47)51(61)48(54-33(4)59)37-20-24-63-25-21-37/h10-15,28-31,35,37,43,46-48H,5-9,16-27H2,1-4H3,(H,53,55)(H,54,59)/t30-,31-,43-,46-,47-,48-/m0/s1. The average Bonchev–Trinajstić information content (AvgIpc) is 4.16. The molecule has 0 spiro atoms. The summed E-state index contributed by atoms with van der Waals surface area (Å²) in [6, 6.07) is 12.6. The van der Waals surface area contributed by atoms with Crippen LogP contribution in [0.15, 0.2) is 53.8 Å². The highest BCUT2D eigenvalue weighted by atomic mass is 16.5. The number of aliphatic imine (C=N–C) groups is 1. The van der Waals surface area contributed by atoms with Gasteiger partial charge in [-0.25, -0.2) is 4.98 Å². The summed E-state index contributed by atoms with van der Waals surface area (Å²) in [7, 11) is 0. The van der Waals surface area contributed by atoms with E-state index in [1.54, 1.807) is 6.92 Å². The first-order chi connectivity index (χ1) is 30.5. The summed E-state index contributed by atoms with van der Waals surface area (Å²) >= 11 is 0. The number of ether oxygens (including phenoxy) is 2. The molecule has 3 aromatic rings. The van der Waals surface area contributed by atoms with Gasteiger partial charge in [-0.1, -0.05) is 36.4 Å². The van der Waals surface area contributed by atoms with Crippen LogP contribution in [0.4, 0.5) is 0 Å². The smallest absolute Gasteiger partial charge is 0.246 e. The molecule has 63 heavy (non-hydrogen) atoms. The van der Waals surface area contributed by atoms with Gasteiger partial charge in [-0.15, -0.1) is 0 Å². The molecule has 0 saturated carbocycles. The SMILES string of the molecule is CC(=O)C[C@H](C(=O)N1[C@@H](C)CC[C@H]1C1=NC=C(c2ccc(-c3ccc(-c4cnc([C@@H]5CC[C@H](C)N5C(=O)[C@@H](NC(C)=O)C5CCOCC5)[nH]4)cc3)c3c2CCC3)C1)C1CCOCC1. The monoisotopic (exact) mass is 856 g/mol. The van der Waals surface area contributed by atoms with Gasteiger partial charge in [0.05, 0.1) is 24.0 Å². The van der Waals surface area contributed by atoms with E-state index in [1.165, 1.54) is 40.3 Å². The third-order valence-corrected chi connectivity index (χ3v) is 15.1. The summed E-state index contributed by atoms with van der Waals surface area (Å²) in [6.45, 7) is 9.83. The van der Waals surface area contributed by atoms with Crippen molar-refractivity contribution in [2.45, 2.75) is 141 Å². The van der Waals surface area contributed by atoms with Gasteiger partial charge < -0.3 is 34.4 Å². The van der Waals surface area contributed by atoms with Crippen molar-refractivity contribution in [1.29, 1.82) is 0 Å². The third-order valence-electron chi connectivity index (χ3n) is 15.1. The van der Waals surface area contributed by atoms with Crippen LogP contribution in [0.1, 0.15) is 127 Å². The number of nitrogens with one attached hydrogen (secondary N) is 2. The molecule has 6 aliphatic rings. The maximum Gasteiger partial charge on any atom is 0.246 e. The molecule has 334 valence electrons. The number of carbonyl (C=O) groups excluding carboxylic acids is 4. The Balaban J connectivity index is 0.885. The molecule has 3 amide bonds. The summed E-state index contributed by atoms with van der Waals surface area (Å²) in [5.74, 6) is 0.662. The molecule has 1 aliphatic carbocycles. The van der Waals surface area contributed by atoms with Crippen molar-refractivity contribution < 1.29 is 28.7 Å². The molecule has 12 nitrogen and oxygen atoms in total. The van der Waals surface area contributed by atoms with Gasteiger partial charge in [-0.3, -0.25) is 19.4 Å². The maximum absolute atomic E-state index is 14.4. The highest BCUT2D eigenvalue weighted by Crippen LogP contribution is 2.42. The minimum absolute atomic E-state index is 0.0338. The van der Waals surface area contributed by atoms with Crippen molar-refractivity contribution >= 4 is 34.8 Å². The van der Waals surface area contributed by atoms with Crippen LogP contribution in [0.3, 0.4) is 0 Å². The molecule has 5 aliphatic heterocycles. The van der Waals surface area contributed by atoms with E-state index < -0.39 is 6.04 Å². The summed E-state index contributed by atoms with van der Waals surface area (Å²) in [4.78, 5) is 70.7. The Morgan fingerprint density at radius 3 is 2.02 bits per heavy atom. The molecular formula is C51H64N6O6. The molecule has 9 rings (SSSR count). The minimum atomic E-state index is -0.572. The molecule has 0 unspecified atom stereocenters. The highest BCUT2D eigenvalue weighted by Gasteiger charge is 2.45. The van der Waals surface area contributed by atoms with E-state index >= 15 is 0 Å². The summed E-state index contributed by atoms with van der Waals surface area (Å²) < 4.78 is 11.2. The Morgan fingerprint density at radius 2 is 1.35 bits per heavy atom. The molecule has 1 aromatic heterocycles. The number of hydrogen-bond donors (Lipinski definition) is 2. The number of hydrogen-bond acceptors (Lipinski definition) is 8. The van der Waals surface area contributed by atoms with Crippen molar-refractivity contribution in [3.8, 4) is 22.4 Å². The van der Waals surface area contributed by atoms with Gasteiger partial charge in [0.15, 0.2) is 0 Å². The van der Waals surface area contributed by atoms with Crippen LogP contribution in [0.2, 0.25) is 0 Å². The molecule has 0 bridgehead atoms. The van der Waals surface area contributed by atoms with Crippen LogP contribution in [-0.2, 0) is 41.5 Å². The number of carbonyl (C=O) groups is 4. The number of likely N-dealkylation sites (tertiary alicyclic amines) is 2. The second-order valence-electron chi connectivity index (χ2n) is 19.1. The molecule has 12 heteroatoms. The first kappa shape index (κ1) is 43.3. The average molecular weight is 857 g/mol. The lowest BCUT2D eigenvalue weighted by Crippen LogP contribution is -2.54. The van der Waals surface area contributed by atoms with E-state index in [0.29, 0.717) is 32.8 Å². The zero-order chi connectivity index (χ0) is 43.8. The first-order valence-corrected chi connectivity index (χ1v) is 23.7. The number of fused-ring (bicyclic) bond motifs is 1. The summed E-state index contributed by atoms with van der Waals surface area (Å²) in [5.41, 5.74) is 10.8. The molecule has 4 fully saturated rings. The number of H-pyrrole nitrogens is 1. The van der Waals surface area contributed by atoms with Gasteiger partial charge in [-0.2, -0.15) is 0 Å². The number of rotatable bonds is 12. The summed E-state index contributed by atoms with van der Waals surface area (Å²) in [5, 5.41) is 2.99. The van der Waals surface area contributed by atoms with Crippen molar-refractivity contribution in [1.82, 2.24) is 25.1 Å². The van der Waals surface area contributed by atoms with E-state index in [1.807, 2.05) is 17.3 Å². The molecular weight excluding hydrogens is 793 g/mol. The van der Waals surface area contributed by atoms with Crippen LogP contribution in [0, 0.1) is 17.8 Å². The number of imidazole rings is 1. The Kier molecular flexibility index (Phi) is 12.8. The fourth-order valence-corrected chi connectivity index (χ4v) is 11.8. The van der Waals surface area contributed by atoms with Crippen LogP contribution in [0.5, 0.6) is 0 Å². The van der Waals surface area contributed by atoms with Crippen LogP contribution < -0.4 is 5.32 Å². The Bertz CT molecular complexity index is 2270. The van der Waals surface area contributed by atoms with Gasteiger partial charge in [-0.05, 0) is 142 Å². The normalized spacial score (nSPS) is 25.1. The van der Waals surface area contributed by atoms with E-state index in [2.05, 4.69) is 65.4 Å². The Hall–Kier alpha value is -4.94. The second kappa shape index (κ2) is 18.6. The van der Waals surface area contributed by atoms with Crippen LogP contribution >= 0.6 is 0 Å². The maximum atomic E-state index is 14.4. The zero-order valence-electron chi connectivity index (χ0n) is 37.5. The topological polar surface area (TPSA) is 146 Å². The lowest BCUT2D eigenvalue weighted by atomic mass is 9.81. The van der Waals surface area contributed by atoms with Crippen molar-refractivity contribution in [3.63, 3.8) is 0 Å². The fraction of sp³-hybridized carbons (Fsp3) is 0.569. The largest absolute Gasteiger partial charge is 0.381 e. The molecule has 2 aromatic carbocycles. The lowest BCUT2D eigenvalue weighted by molar-refractivity contribution is -0.142. The van der Waals surface area contributed by atoms with Crippen LogP contribution in [-0.4, -0.2) is 99.6 Å². The molecule has 0 radical (unpaired) electrons. The van der Waals surface area contributed by atoms with E-state index in [4.69, 9.17) is 19.5 Å². The number of Topliss-reactive ketones (excluding diaryl/α,β-unsaturated/α-hetero) is 1. The minimum Gasteiger partial charge on any atom is -0.381 e. The quantitative estimate of drug-likeness (QED) is 0.189. The molecule has 6 atom stereocenters. The number of amides is 3. The molecule has 4 saturated heterocycles. The number of aromatic amines is 1. The predicted molar refractivity (Wildman–Crippen MR) is 243 cm³/mol. The number of benzene rings is 2. The predicted octanol–water partition coefficient (Wildman–Crippen LogP) is 7.80.